The van der Waals surface area contributed by atoms with Gasteiger partial charge in [0.2, 0.25) is 5.91 Å². The molecule has 0 spiro atoms. The molecule has 6 nitrogen and oxygen atoms in total. The van der Waals surface area contributed by atoms with Gasteiger partial charge >= 0.3 is 0 Å². The van der Waals surface area contributed by atoms with Gasteiger partial charge in [-0.15, -0.1) is 0 Å². The highest BCUT2D eigenvalue weighted by atomic mass is 16.2. The van der Waals surface area contributed by atoms with Crippen molar-refractivity contribution >= 4 is 16.8 Å². The van der Waals surface area contributed by atoms with Gasteiger partial charge in [-0.25, -0.2) is 0 Å². The number of carbonyl (C=O) groups is 1. The van der Waals surface area contributed by atoms with Crippen molar-refractivity contribution in [3.05, 3.63) is 53.0 Å². The van der Waals surface area contributed by atoms with Crippen LogP contribution in [0.3, 0.4) is 0 Å². The average Bonchev–Trinajstić information content (AvgIpc) is 3.10. The SMILES string of the molecule is Cc1n[nH]c(C)c1[C@H](N)C(=O)NCCc1c[nH]c2ccccc12. The molecule has 0 saturated carbocycles. The maximum atomic E-state index is 12.3. The van der Waals surface area contributed by atoms with Gasteiger partial charge in [-0.1, -0.05) is 18.2 Å². The van der Waals surface area contributed by atoms with Crippen LogP contribution in [0, 0.1) is 13.8 Å². The van der Waals surface area contributed by atoms with E-state index in [1.807, 2.05) is 38.2 Å². The van der Waals surface area contributed by atoms with E-state index in [9.17, 15) is 4.79 Å². The Kier molecular flexibility index (Phi) is 4.16. The summed E-state index contributed by atoms with van der Waals surface area (Å²) in [5, 5.41) is 11.0. The Morgan fingerprint density at radius 2 is 2.13 bits per heavy atom. The molecule has 0 bridgehead atoms. The smallest absolute Gasteiger partial charge is 0.241 e. The van der Waals surface area contributed by atoms with Crippen LogP contribution in [0.25, 0.3) is 10.9 Å². The fraction of sp³-hybridized carbons (Fsp3) is 0.294. The lowest BCUT2D eigenvalue weighted by atomic mass is 10.0. The first-order chi connectivity index (χ1) is 11.1. The Morgan fingerprint density at radius 3 is 2.87 bits per heavy atom. The molecule has 0 unspecified atom stereocenters. The minimum absolute atomic E-state index is 0.183. The van der Waals surface area contributed by atoms with E-state index in [2.05, 4.69) is 26.6 Å². The van der Waals surface area contributed by atoms with Crippen LogP contribution in [0.4, 0.5) is 0 Å². The normalized spacial score (nSPS) is 12.5. The van der Waals surface area contributed by atoms with Gasteiger partial charge in [0.1, 0.15) is 6.04 Å². The zero-order valence-corrected chi connectivity index (χ0v) is 13.3. The van der Waals surface area contributed by atoms with E-state index in [4.69, 9.17) is 5.73 Å². The molecule has 1 amide bonds. The number of nitrogens with one attached hydrogen (secondary N) is 3. The van der Waals surface area contributed by atoms with Gasteiger partial charge in [-0.05, 0) is 31.9 Å². The molecule has 23 heavy (non-hydrogen) atoms. The number of benzene rings is 1. The van der Waals surface area contributed by atoms with Crippen LogP contribution < -0.4 is 11.1 Å². The van der Waals surface area contributed by atoms with E-state index in [0.29, 0.717) is 6.54 Å². The number of hydrogen-bond acceptors (Lipinski definition) is 3. The average molecular weight is 311 g/mol. The van der Waals surface area contributed by atoms with Gasteiger partial charge in [-0.3, -0.25) is 9.89 Å². The predicted octanol–water partition coefficient (Wildman–Crippen LogP) is 1.87. The van der Waals surface area contributed by atoms with E-state index >= 15 is 0 Å². The number of rotatable bonds is 5. The monoisotopic (exact) mass is 311 g/mol. The second-order valence-electron chi connectivity index (χ2n) is 5.73. The highest BCUT2D eigenvalue weighted by molar-refractivity contribution is 5.84. The lowest BCUT2D eigenvalue weighted by molar-refractivity contribution is -0.122. The molecule has 0 radical (unpaired) electrons. The van der Waals surface area contributed by atoms with Crippen LogP contribution in [-0.2, 0) is 11.2 Å². The van der Waals surface area contributed by atoms with Gasteiger partial charge in [0.05, 0.1) is 5.69 Å². The summed E-state index contributed by atoms with van der Waals surface area (Å²) in [7, 11) is 0. The number of nitrogens with zero attached hydrogens (tertiary/aromatic N) is 1. The van der Waals surface area contributed by atoms with Crippen molar-refractivity contribution in [1.82, 2.24) is 20.5 Å². The third kappa shape index (κ3) is 2.98. The largest absolute Gasteiger partial charge is 0.361 e. The van der Waals surface area contributed by atoms with Crippen molar-refractivity contribution in [2.75, 3.05) is 6.54 Å². The third-order valence-corrected chi connectivity index (χ3v) is 4.15. The van der Waals surface area contributed by atoms with Crippen molar-refractivity contribution in [3.8, 4) is 0 Å². The fourth-order valence-corrected chi connectivity index (χ4v) is 2.92. The first-order valence-electron chi connectivity index (χ1n) is 7.67. The molecule has 3 aromatic rings. The molecular weight excluding hydrogens is 290 g/mol. The standard InChI is InChI=1S/C17H21N5O/c1-10-15(11(2)22-21-10)16(18)17(23)19-8-7-12-9-20-14-6-4-3-5-13(12)14/h3-6,9,16,20H,7-8,18H2,1-2H3,(H,19,23)(H,21,22)/t16-/m0/s1. The van der Waals surface area contributed by atoms with Crippen molar-refractivity contribution in [1.29, 1.82) is 0 Å². The highest BCUT2D eigenvalue weighted by Crippen LogP contribution is 2.19. The van der Waals surface area contributed by atoms with Crippen LogP contribution in [0.5, 0.6) is 0 Å². The van der Waals surface area contributed by atoms with Crippen molar-refractivity contribution < 1.29 is 4.79 Å². The van der Waals surface area contributed by atoms with Crippen LogP contribution in [-0.4, -0.2) is 27.6 Å². The molecule has 0 fully saturated rings. The molecule has 0 saturated heterocycles. The van der Waals surface area contributed by atoms with Crippen LogP contribution in [0.15, 0.2) is 30.5 Å². The Hall–Kier alpha value is -2.60. The summed E-state index contributed by atoms with van der Waals surface area (Å²) in [6, 6.07) is 7.43. The Morgan fingerprint density at radius 1 is 1.35 bits per heavy atom. The molecule has 1 atom stereocenters. The third-order valence-electron chi connectivity index (χ3n) is 4.15. The van der Waals surface area contributed by atoms with Crippen molar-refractivity contribution in [2.45, 2.75) is 26.3 Å². The van der Waals surface area contributed by atoms with E-state index in [1.165, 1.54) is 10.9 Å². The molecule has 120 valence electrons. The molecule has 0 aliphatic carbocycles. The molecule has 3 rings (SSSR count). The highest BCUT2D eigenvalue weighted by Gasteiger charge is 2.21. The van der Waals surface area contributed by atoms with Crippen LogP contribution in [0.2, 0.25) is 0 Å². The van der Waals surface area contributed by atoms with Crippen molar-refractivity contribution in [3.63, 3.8) is 0 Å². The maximum Gasteiger partial charge on any atom is 0.241 e. The quantitative estimate of drug-likeness (QED) is 0.578. The minimum atomic E-state index is -0.697. The molecule has 0 aliphatic heterocycles. The van der Waals surface area contributed by atoms with Crippen molar-refractivity contribution in [2.24, 2.45) is 5.73 Å². The number of aromatic amines is 2. The number of fused-ring (bicyclic) bond motifs is 1. The zero-order valence-electron chi connectivity index (χ0n) is 13.3. The van der Waals surface area contributed by atoms with E-state index in [1.54, 1.807) is 0 Å². The second kappa shape index (κ2) is 6.26. The fourth-order valence-electron chi connectivity index (χ4n) is 2.92. The molecule has 2 aromatic heterocycles. The summed E-state index contributed by atoms with van der Waals surface area (Å²) in [5.74, 6) is -0.183. The summed E-state index contributed by atoms with van der Waals surface area (Å²) < 4.78 is 0. The maximum absolute atomic E-state index is 12.3. The van der Waals surface area contributed by atoms with Crippen LogP contribution >= 0.6 is 0 Å². The predicted molar refractivity (Wildman–Crippen MR) is 90.0 cm³/mol. The molecular formula is C17H21N5O. The lowest BCUT2D eigenvalue weighted by Crippen LogP contribution is -2.35. The van der Waals surface area contributed by atoms with Crippen LogP contribution in [0.1, 0.15) is 28.6 Å². The van der Waals surface area contributed by atoms with Gasteiger partial charge in [0, 0.05) is 34.9 Å². The molecule has 5 N–H and O–H groups in total. The summed E-state index contributed by atoms with van der Waals surface area (Å²) in [4.78, 5) is 15.5. The summed E-state index contributed by atoms with van der Waals surface area (Å²) in [5.41, 5.74) is 10.7. The first kappa shape index (κ1) is 15.3. The summed E-state index contributed by atoms with van der Waals surface area (Å²) in [6.45, 7) is 4.26. The Labute approximate surface area is 134 Å². The number of aryl methyl sites for hydroxylation is 2. The number of amides is 1. The van der Waals surface area contributed by atoms with Gasteiger partial charge < -0.3 is 16.0 Å². The minimum Gasteiger partial charge on any atom is -0.361 e. The van der Waals surface area contributed by atoms with E-state index in [-0.39, 0.29) is 5.91 Å². The number of aromatic nitrogens is 3. The van der Waals surface area contributed by atoms with Gasteiger partial charge in [0.15, 0.2) is 0 Å². The Bertz CT molecular complexity index is 813. The number of hydrogen-bond donors (Lipinski definition) is 4. The number of nitrogens with two attached hydrogens (primary N) is 1. The van der Waals surface area contributed by atoms with E-state index < -0.39 is 6.04 Å². The Balaban J connectivity index is 1.61. The van der Waals surface area contributed by atoms with Gasteiger partial charge in [-0.2, -0.15) is 5.10 Å². The summed E-state index contributed by atoms with van der Waals surface area (Å²) >= 11 is 0. The number of carbonyl (C=O) groups excluding carboxylic acids is 1. The summed E-state index contributed by atoms with van der Waals surface area (Å²) in [6.07, 6.45) is 2.74. The molecule has 1 aromatic carbocycles. The second-order valence-corrected chi connectivity index (χ2v) is 5.73. The van der Waals surface area contributed by atoms with Gasteiger partial charge in [0.25, 0.3) is 0 Å². The first-order valence-corrected chi connectivity index (χ1v) is 7.67. The zero-order chi connectivity index (χ0) is 16.4. The number of para-hydroxylation sites is 1. The lowest BCUT2D eigenvalue weighted by Gasteiger charge is -2.12. The van der Waals surface area contributed by atoms with E-state index in [0.717, 1.165) is 28.9 Å². The molecule has 2 heterocycles. The number of H-pyrrole nitrogens is 2. The molecule has 0 aliphatic rings. The molecule has 6 heteroatoms. The topological polar surface area (TPSA) is 99.6 Å².